The molecule has 1 unspecified atom stereocenters. The Kier molecular flexibility index (Phi) is 5.03. The molecule has 0 saturated carbocycles. The van der Waals surface area contributed by atoms with Gasteiger partial charge >= 0.3 is 0 Å². The Morgan fingerprint density at radius 1 is 1.44 bits per heavy atom. The molecule has 4 heteroatoms. The second-order valence-electron chi connectivity index (χ2n) is 4.39. The summed E-state index contributed by atoms with van der Waals surface area (Å²) in [6.07, 6.45) is 0. The molecule has 1 aromatic heterocycles. The van der Waals surface area contributed by atoms with Gasteiger partial charge in [-0.15, -0.1) is 0 Å². The molecule has 0 aliphatic rings. The van der Waals surface area contributed by atoms with Gasteiger partial charge in [-0.1, -0.05) is 25.4 Å². The SMILES string of the molecule is Cc1nc(Cl)ccc1NCC(CN)C(C)C. The van der Waals surface area contributed by atoms with Crippen molar-refractivity contribution in [1.29, 1.82) is 0 Å². The first-order valence-corrected chi connectivity index (χ1v) is 5.99. The van der Waals surface area contributed by atoms with Crippen LogP contribution in [0.4, 0.5) is 5.69 Å². The van der Waals surface area contributed by atoms with E-state index in [9.17, 15) is 0 Å². The van der Waals surface area contributed by atoms with E-state index >= 15 is 0 Å². The van der Waals surface area contributed by atoms with Crippen molar-refractivity contribution in [2.24, 2.45) is 17.6 Å². The summed E-state index contributed by atoms with van der Waals surface area (Å²) in [4.78, 5) is 4.19. The third kappa shape index (κ3) is 3.65. The van der Waals surface area contributed by atoms with E-state index in [-0.39, 0.29) is 0 Å². The summed E-state index contributed by atoms with van der Waals surface area (Å²) in [5, 5.41) is 3.90. The molecule has 90 valence electrons. The van der Waals surface area contributed by atoms with Crippen LogP contribution in [0.25, 0.3) is 0 Å². The van der Waals surface area contributed by atoms with Crippen LogP contribution in [0, 0.1) is 18.8 Å². The Labute approximate surface area is 102 Å². The summed E-state index contributed by atoms with van der Waals surface area (Å²) < 4.78 is 0. The average molecular weight is 242 g/mol. The van der Waals surface area contributed by atoms with Crippen molar-refractivity contribution in [2.45, 2.75) is 20.8 Å². The van der Waals surface area contributed by atoms with Gasteiger partial charge in [-0.05, 0) is 37.4 Å². The summed E-state index contributed by atoms with van der Waals surface area (Å²) in [6.45, 7) is 7.89. The van der Waals surface area contributed by atoms with Crippen molar-refractivity contribution in [1.82, 2.24) is 4.98 Å². The fraction of sp³-hybridized carbons (Fsp3) is 0.583. The lowest BCUT2D eigenvalue weighted by Crippen LogP contribution is -2.27. The predicted octanol–water partition coefficient (Wildman–Crippen LogP) is 2.69. The Bertz CT molecular complexity index is 339. The molecule has 0 aliphatic heterocycles. The number of rotatable bonds is 5. The normalized spacial score (nSPS) is 12.9. The van der Waals surface area contributed by atoms with Gasteiger partial charge < -0.3 is 11.1 Å². The van der Waals surface area contributed by atoms with Crippen molar-refractivity contribution in [3.05, 3.63) is 23.0 Å². The zero-order valence-corrected chi connectivity index (χ0v) is 10.9. The smallest absolute Gasteiger partial charge is 0.129 e. The molecule has 1 atom stereocenters. The number of aromatic nitrogens is 1. The number of aryl methyl sites for hydroxylation is 1. The highest BCUT2D eigenvalue weighted by molar-refractivity contribution is 6.29. The molecule has 0 amide bonds. The summed E-state index contributed by atoms with van der Waals surface area (Å²) in [5.74, 6) is 1.06. The Hall–Kier alpha value is -0.800. The molecular weight excluding hydrogens is 222 g/mol. The second kappa shape index (κ2) is 6.06. The summed E-state index contributed by atoms with van der Waals surface area (Å²) in [7, 11) is 0. The van der Waals surface area contributed by atoms with Crippen LogP contribution >= 0.6 is 11.6 Å². The maximum absolute atomic E-state index is 5.80. The van der Waals surface area contributed by atoms with E-state index in [1.54, 1.807) is 6.07 Å². The summed E-state index contributed by atoms with van der Waals surface area (Å²) in [6, 6.07) is 3.75. The van der Waals surface area contributed by atoms with Crippen LogP contribution < -0.4 is 11.1 Å². The summed E-state index contributed by atoms with van der Waals surface area (Å²) in [5.41, 5.74) is 7.68. The van der Waals surface area contributed by atoms with Gasteiger partial charge in [0.1, 0.15) is 5.15 Å². The Morgan fingerprint density at radius 2 is 2.12 bits per heavy atom. The van der Waals surface area contributed by atoms with Gasteiger partial charge in [-0.3, -0.25) is 0 Å². The lowest BCUT2D eigenvalue weighted by atomic mass is 9.96. The van der Waals surface area contributed by atoms with Crippen molar-refractivity contribution in [3.63, 3.8) is 0 Å². The number of nitrogens with one attached hydrogen (secondary N) is 1. The van der Waals surface area contributed by atoms with E-state index in [1.165, 1.54) is 0 Å². The first-order chi connectivity index (χ1) is 7.54. The van der Waals surface area contributed by atoms with Crippen LogP contribution in [0.15, 0.2) is 12.1 Å². The minimum absolute atomic E-state index is 0.482. The number of pyridine rings is 1. The largest absolute Gasteiger partial charge is 0.383 e. The lowest BCUT2D eigenvalue weighted by Gasteiger charge is -2.20. The highest BCUT2D eigenvalue weighted by Gasteiger charge is 2.11. The highest BCUT2D eigenvalue weighted by Crippen LogP contribution is 2.17. The maximum atomic E-state index is 5.80. The Balaban J connectivity index is 2.60. The third-order valence-electron chi connectivity index (χ3n) is 2.85. The molecule has 0 aliphatic carbocycles. The topological polar surface area (TPSA) is 50.9 Å². The van der Waals surface area contributed by atoms with Gasteiger partial charge in [0.05, 0.1) is 11.4 Å². The van der Waals surface area contributed by atoms with Crippen LogP contribution in [0.5, 0.6) is 0 Å². The number of nitrogens with two attached hydrogens (primary N) is 1. The van der Waals surface area contributed by atoms with E-state index in [2.05, 4.69) is 24.1 Å². The van der Waals surface area contributed by atoms with E-state index in [4.69, 9.17) is 17.3 Å². The zero-order chi connectivity index (χ0) is 12.1. The van der Waals surface area contributed by atoms with Gasteiger partial charge in [-0.2, -0.15) is 0 Å². The van der Waals surface area contributed by atoms with Crippen LogP contribution in [0.3, 0.4) is 0 Å². The molecule has 1 rings (SSSR count). The monoisotopic (exact) mass is 241 g/mol. The molecule has 0 aromatic carbocycles. The standard InChI is InChI=1S/C12H20ClN3/c1-8(2)10(6-14)7-15-11-4-5-12(13)16-9(11)3/h4-5,8,10,15H,6-7,14H2,1-3H3. The fourth-order valence-electron chi connectivity index (χ4n) is 1.55. The van der Waals surface area contributed by atoms with Crippen molar-refractivity contribution in [3.8, 4) is 0 Å². The highest BCUT2D eigenvalue weighted by atomic mass is 35.5. The molecule has 0 bridgehead atoms. The van der Waals surface area contributed by atoms with Crippen LogP contribution in [0.1, 0.15) is 19.5 Å². The lowest BCUT2D eigenvalue weighted by molar-refractivity contribution is 0.413. The van der Waals surface area contributed by atoms with Crippen molar-refractivity contribution < 1.29 is 0 Å². The number of nitrogens with zero attached hydrogens (tertiary/aromatic N) is 1. The quantitative estimate of drug-likeness (QED) is 0.780. The minimum atomic E-state index is 0.482. The van der Waals surface area contributed by atoms with Gasteiger partial charge in [0.15, 0.2) is 0 Å². The average Bonchev–Trinajstić information content (AvgIpc) is 2.21. The maximum Gasteiger partial charge on any atom is 0.129 e. The first kappa shape index (κ1) is 13.3. The first-order valence-electron chi connectivity index (χ1n) is 5.61. The number of halogens is 1. The third-order valence-corrected chi connectivity index (χ3v) is 3.06. The molecule has 3 nitrogen and oxygen atoms in total. The Morgan fingerprint density at radius 3 is 2.62 bits per heavy atom. The van der Waals surface area contributed by atoms with Crippen molar-refractivity contribution in [2.75, 3.05) is 18.4 Å². The number of anilines is 1. The molecule has 1 heterocycles. The molecule has 1 aromatic rings. The molecule has 0 radical (unpaired) electrons. The zero-order valence-electron chi connectivity index (χ0n) is 10.1. The molecular formula is C12H20ClN3. The second-order valence-corrected chi connectivity index (χ2v) is 4.77. The van der Waals surface area contributed by atoms with E-state index in [0.717, 1.165) is 17.9 Å². The van der Waals surface area contributed by atoms with E-state index < -0.39 is 0 Å². The molecule has 16 heavy (non-hydrogen) atoms. The van der Waals surface area contributed by atoms with Crippen LogP contribution in [0.2, 0.25) is 5.15 Å². The van der Waals surface area contributed by atoms with Crippen molar-refractivity contribution >= 4 is 17.3 Å². The molecule has 0 spiro atoms. The van der Waals surface area contributed by atoms with Gasteiger partial charge in [0.25, 0.3) is 0 Å². The molecule has 3 N–H and O–H groups in total. The molecule has 0 fully saturated rings. The summed E-state index contributed by atoms with van der Waals surface area (Å²) >= 11 is 5.80. The van der Waals surface area contributed by atoms with E-state index in [0.29, 0.717) is 23.5 Å². The fourth-order valence-corrected chi connectivity index (χ4v) is 1.74. The minimum Gasteiger partial charge on any atom is -0.383 e. The van der Waals surface area contributed by atoms with Crippen LogP contribution in [-0.4, -0.2) is 18.1 Å². The van der Waals surface area contributed by atoms with Crippen LogP contribution in [-0.2, 0) is 0 Å². The number of hydrogen-bond acceptors (Lipinski definition) is 3. The van der Waals surface area contributed by atoms with Gasteiger partial charge in [0.2, 0.25) is 0 Å². The van der Waals surface area contributed by atoms with Gasteiger partial charge in [-0.25, -0.2) is 4.98 Å². The predicted molar refractivity (Wildman–Crippen MR) is 69.9 cm³/mol. The number of hydrogen-bond donors (Lipinski definition) is 2. The van der Waals surface area contributed by atoms with Gasteiger partial charge in [0, 0.05) is 6.54 Å². The van der Waals surface area contributed by atoms with E-state index in [1.807, 2.05) is 13.0 Å². The molecule has 0 saturated heterocycles.